The van der Waals surface area contributed by atoms with Gasteiger partial charge in [0.1, 0.15) is 6.04 Å². The van der Waals surface area contributed by atoms with Crippen LogP contribution in [0.5, 0.6) is 0 Å². The number of nitrogens with one attached hydrogen (secondary N) is 2. The molecule has 0 bridgehead atoms. The van der Waals surface area contributed by atoms with Gasteiger partial charge in [0, 0.05) is 37.5 Å². The van der Waals surface area contributed by atoms with Crippen molar-refractivity contribution in [3.05, 3.63) is 65.2 Å². The largest absolute Gasteiger partial charge is 0.465 e. The van der Waals surface area contributed by atoms with Gasteiger partial charge in [0.15, 0.2) is 0 Å². The Morgan fingerprint density at radius 1 is 1.05 bits per heavy atom. The molecule has 2 aliphatic rings. The fourth-order valence-corrected chi connectivity index (χ4v) is 4.58. The highest BCUT2D eigenvalue weighted by atomic mass is 19.4. The molecule has 4 rings (SSSR count). The number of piperazine rings is 1. The van der Waals surface area contributed by atoms with Gasteiger partial charge in [0.25, 0.3) is 5.91 Å². The second kappa shape index (κ2) is 12.4. The van der Waals surface area contributed by atoms with Crippen LogP contribution in [0.15, 0.2) is 48.5 Å². The first-order chi connectivity index (χ1) is 19.1. The highest BCUT2D eigenvalue weighted by molar-refractivity contribution is 5.99. The lowest BCUT2D eigenvalue weighted by Gasteiger charge is -2.40. The highest BCUT2D eigenvalue weighted by Gasteiger charge is 2.38. The van der Waals surface area contributed by atoms with Crippen molar-refractivity contribution in [2.24, 2.45) is 0 Å². The Hall–Kier alpha value is -4.13. The van der Waals surface area contributed by atoms with Gasteiger partial charge in [0.05, 0.1) is 30.9 Å². The third-order valence-electron chi connectivity index (χ3n) is 6.75. The molecule has 4 amide bonds. The van der Waals surface area contributed by atoms with Gasteiger partial charge in [-0.1, -0.05) is 6.07 Å². The summed E-state index contributed by atoms with van der Waals surface area (Å²) in [6.07, 6.45) is -3.19. The summed E-state index contributed by atoms with van der Waals surface area (Å²) in [7, 11) is 1.25. The van der Waals surface area contributed by atoms with E-state index in [1.807, 2.05) is 0 Å². The Kier molecular flexibility index (Phi) is 8.93. The summed E-state index contributed by atoms with van der Waals surface area (Å²) in [5, 5.41) is 5.44. The first-order valence-electron chi connectivity index (χ1n) is 12.7. The normalized spacial score (nSPS) is 19.2. The number of urea groups is 1. The topological polar surface area (TPSA) is 117 Å². The standard InChI is InChI=1S/C27H29F3N4O6/c1-39-25(37)17-7-9-20(10-8-17)32-26(38)33-11-12-34(22(16-33)23(35)31-15-21-6-3-13-40-21)24(36)18-4-2-5-19(14-18)27(28,29)30/h2,4-5,7-10,14,21-22H,3,6,11-13,15-16H2,1H3,(H,31,35)(H,32,38). The molecule has 40 heavy (non-hydrogen) atoms. The van der Waals surface area contributed by atoms with Gasteiger partial charge >= 0.3 is 18.2 Å². The monoisotopic (exact) mass is 562 g/mol. The average Bonchev–Trinajstić information content (AvgIpc) is 3.48. The maximum Gasteiger partial charge on any atom is 0.416 e. The smallest absolute Gasteiger partial charge is 0.416 e. The SMILES string of the molecule is COC(=O)c1ccc(NC(=O)N2CCN(C(=O)c3cccc(C(F)(F)F)c3)C(C(=O)NCC3CCCO3)C2)cc1. The summed E-state index contributed by atoms with van der Waals surface area (Å²) in [4.78, 5) is 53.8. The zero-order valence-corrected chi connectivity index (χ0v) is 21.7. The quantitative estimate of drug-likeness (QED) is 0.523. The van der Waals surface area contributed by atoms with Crippen molar-refractivity contribution in [2.45, 2.75) is 31.2 Å². The van der Waals surface area contributed by atoms with Crippen LogP contribution in [-0.2, 0) is 20.4 Å². The molecule has 2 fully saturated rings. The average molecular weight is 563 g/mol. The summed E-state index contributed by atoms with van der Waals surface area (Å²) < 4.78 is 49.9. The zero-order valence-electron chi connectivity index (χ0n) is 21.7. The molecule has 0 radical (unpaired) electrons. The van der Waals surface area contributed by atoms with Crippen molar-refractivity contribution in [1.82, 2.24) is 15.1 Å². The van der Waals surface area contributed by atoms with Crippen molar-refractivity contribution < 1.29 is 41.8 Å². The summed E-state index contributed by atoms with van der Waals surface area (Å²) in [5.41, 5.74) is -0.506. The number of methoxy groups -OCH3 is 1. The summed E-state index contributed by atoms with van der Waals surface area (Å²) in [6, 6.07) is 8.31. The molecule has 214 valence electrons. The fourth-order valence-electron chi connectivity index (χ4n) is 4.58. The lowest BCUT2D eigenvalue weighted by Crippen LogP contribution is -2.62. The molecule has 0 aliphatic carbocycles. The van der Waals surface area contributed by atoms with E-state index < -0.39 is 41.6 Å². The fraction of sp³-hybridized carbons (Fsp3) is 0.407. The van der Waals surface area contributed by atoms with Crippen LogP contribution in [0, 0.1) is 0 Å². The van der Waals surface area contributed by atoms with Crippen molar-refractivity contribution in [1.29, 1.82) is 0 Å². The Morgan fingerprint density at radius 2 is 1.80 bits per heavy atom. The van der Waals surface area contributed by atoms with Crippen LogP contribution in [0.4, 0.5) is 23.7 Å². The Bertz CT molecular complexity index is 1250. The third kappa shape index (κ3) is 6.89. The predicted octanol–water partition coefficient (Wildman–Crippen LogP) is 3.15. The van der Waals surface area contributed by atoms with E-state index in [1.165, 1.54) is 47.2 Å². The first kappa shape index (κ1) is 28.9. The van der Waals surface area contributed by atoms with E-state index in [4.69, 9.17) is 4.74 Å². The molecule has 2 aromatic rings. The number of carbonyl (C=O) groups is 4. The number of rotatable bonds is 6. The molecule has 2 atom stereocenters. The Balaban J connectivity index is 1.50. The van der Waals surface area contributed by atoms with Gasteiger partial charge in [-0.3, -0.25) is 9.59 Å². The molecule has 2 heterocycles. The third-order valence-corrected chi connectivity index (χ3v) is 6.75. The molecule has 0 spiro atoms. The number of hydrogen-bond acceptors (Lipinski definition) is 6. The van der Waals surface area contributed by atoms with Crippen LogP contribution in [0.3, 0.4) is 0 Å². The Labute approximate surface area is 228 Å². The molecule has 0 aromatic heterocycles. The summed E-state index contributed by atoms with van der Waals surface area (Å²) in [5.74, 6) is -1.83. The van der Waals surface area contributed by atoms with Crippen LogP contribution in [0.25, 0.3) is 0 Å². The number of amides is 4. The minimum atomic E-state index is -4.64. The number of ether oxygens (including phenoxy) is 2. The molecule has 13 heteroatoms. The Morgan fingerprint density at radius 3 is 2.45 bits per heavy atom. The summed E-state index contributed by atoms with van der Waals surface area (Å²) >= 11 is 0. The van der Waals surface area contributed by atoms with Gasteiger partial charge in [-0.2, -0.15) is 13.2 Å². The summed E-state index contributed by atoms with van der Waals surface area (Å²) in [6.45, 7) is 0.556. The molecule has 2 aliphatic heterocycles. The maximum atomic E-state index is 13.3. The molecule has 10 nitrogen and oxygen atoms in total. The first-order valence-corrected chi connectivity index (χ1v) is 12.7. The zero-order chi connectivity index (χ0) is 28.9. The van der Waals surface area contributed by atoms with Gasteiger partial charge in [-0.15, -0.1) is 0 Å². The van der Waals surface area contributed by atoms with Crippen LogP contribution in [0.1, 0.15) is 39.1 Å². The molecule has 0 saturated carbocycles. The minimum absolute atomic E-state index is 0.0340. The van der Waals surface area contributed by atoms with Crippen LogP contribution < -0.4 is 10.6 Å². The number of benzene rings is 2. The number of hydrogen-bond donors (Lipinski definition) is 2. The number of anilines is 1. The van der Waals surface area contributed by atoms with E-state index in [2.05, 4.69) is 15.4 Å². The van der Waals surface area contributed by atoms with Gasteiger partial charge in [-0.25, -0.2) is 9.59 Å². The number of halogens is 3. The second-order valence-electron chi connectivity index (χ2n) is 9.42. The lowest BCUT2D eigenvalue weighted by molar-refractivity contribution is -0.137. The van der Waals surface area contributed by atoms with E-state index >= 15 is 0 Å². The lowest BCUT2D eigenvalue weighted by atomic mass is 10.1. The molecule has 2 N–H and O–H groups in total. The second-order valence-corrected chi connectivity index (χ2v) is 9.42. The highest BCUT2D eigenvalue weighted by Crippen LogP contribution is 2.30. The number of carbonyl (C=O) groups excluding carboxylic acids is 4. The van der Waals surface area contributed by atoms with Crippen molar-refractivity contribution in [3.8, 4) is 0 Å². The van der Waals surface area contributed by atoms with Gasteiger partial charge < -0.3 is 29.9 Å². The van der Waals surface area contributed by atoms with Gasteiger partial charge in [-0.05, 0) is 55.3 Å². The molecular formula is C27H29F3N4O6. The van der Waals surface area contributed by atoms with Crippen LogP contribution in [-0.4, -0.2) is 85.7 Å². The number of nitrogens with zero attached hydrogens (tertiary/aromatic N) is 2. The molecular weight excluding hydrogens is 533 g/mol. The molecule has 2 unspecified atom stereocenters. The van der Waals surface area contributed by atoms with E-state index in [9.17, 15) is 32.3 Å². The number of esters is 1. The van der Waals surface area contributed by atoms with E-state index in [0.29, 0.717) is 17.9 Å². The minimum Gasteiger partial charge on any atom is -0.465 e. The maximum absolute atomic E-state index is 13.3. The van der Waals surface area contributed by atoms with Crippen molar-refractivity contribution in [2.75, 3.05) is 45.2 Å². The van der Waals surface area contributed by atoms with Crippen molar-refractivity contribution >= 4 is 29.5 Å². The molecule has 2 aromatic carbocycles. The van der Waals surface area contributed by atoms with E-state index in [0.717, 1.165) is 31.0 Å². The predicted molar refractivity (Wildman–Crippen MR) is 137 cm³/mol. The van der Waals surface area contributed by atoms with Crippen molar-refractivity contribution in [3.63, 3.8) is 0 Å². The number of alkyl halides is 3. The van der Waals surface area contributed by atoms with E-state index in [1.54, 1.807) is 0 Å². The van der Waals surface area contributed by atoms with Crippen LogP contribution >= 0.6 is 0 Å². The molecule has 2 saturated heterocycles. The van der Waals surface area contributed by atoms with Gasteiger partial charge in [0.2, 0.25) is 5.91 Å². The van der Waals surface area contributed by atoms with E-state index in [-0.39, 0.29) is 37.8 Å². The van der Waals surface area contributed by atoms with Crippen LogP contribution in [0.2, 0.25) is 0 Å².